The van der Waals surface area contributed by atoms with Crippen LogP contribution in [0.3, 0.4) is 0 Å². The smallest absolute Gasteiger partial charge is 0.100 e. The lowest BCUT2D eigenvalue weighted by Gasteiger charge is -2.04. The molecular formula is C13H7BrClNS. The van der Waals surface area contributed by atoms with Gasteiger partial charge in [0.25, 0.3) is 0 Å². The largest absolute Gasteiger partial charge is 0.192 e. The number of nitrogens with zero attached hydrogens (tertiary/aromatic N) is 1. The van der Waals surface area contributed by atoms with Crippen molar-refractivity contribution in [2.75, 3.05) is 0 Å². The fourth-order valence-corrected chi connectivity index (χ4v) is 3.11. The van der Waals surface area contributed by atoms with E-state index < -0.39 is 0 Å². The van der Waals surface area contributed by atoms with Gasteiger partial charge in [0.05, 0.1) is 5.56 Å². The first-order valence-electron chi connectivity index (χ1n) is 4.82. The number of nitriles is 1. The Bertz CT molecular complexity index is 592. The second-order valence-corrected chi connectivity index (χ2v) is 5.78. The lowest BCUT2D eigenvalue weighted by Crippen LogP contribution is -1.81. The summed E-state index contributed by atoms with van der Waals surface area (Å²) in [4.78, 5) is 1.94. The Balaban J connectivity index is 2.36. The fourth-order valence-electron chi connectivity index (χ4n) is 1.33. The maximum atomic E-state index is 9.03. The Kier molecular flexibility index (Phi) is 4.11. The molecule has 0 amide bonds. The van der Waals surface area contributed by atoms with Crippen molar-refractivity contribution in [1.82, 2.24) is 0 Å². The van der Waals surface area contributed by atoms with Gasteiger partial charge in [-0.15, -0.1) is 0 Å². The normalized spacial score (nSPS) is 9.94. The minimum atomic E-state index is 0.638. The molecule has 4 heteroatoms. The second-order valence-electron chi connectivity index (χ2n) is 3.31. The number of halogens is 2. The molecule has 0 spiro atoms. The Hall–Kier alpha value is -0.950. The van der Waals surface area contributed by atoms with Crippen molar-refractivity contribution in [2.24, 2.45) is 0 Å². The lowest BCUT2D eigenvalue weighted by atomic mass is 10.2. The zero-order valence-corrected chi connectivity index (χ0v) is 11.8. The van der Waals surface area contributed by atoms with E-state index in [0.717, 1.165) is 14.3 Å². The zero-order valence-electron chi connectivity index (χ0n) is 8.65. The van der Waals surface area contributed by atoms with Gasteiger partial charge in [0.15, 0.2) is 0 Å². The highest BCUT2D eigenvalue weighted by molar-refractivity contribution is 9.10. The Morgan fingerprint density at radius 3 is 2.71 bits per heavy atom. The molecule has 0 atom stereocenters. The van der Waals surface area contributed by atoms with Crippen LogP contribution >= 0.6 is 39.3 Å². The summed E-state index contributed by atoms with van der Waals surface area (Å²) in [7, 11) is 0. The predicted molar refractivity (Wildman–Crippen MR) is 74.4 cm³/mol. The lowest BCUT2D eigenvalue weighted by molar-refractivity contribution is 1.35. The monoisotopic (exact) mass is 323 g/mol. The quantitative estimate of drug-likeness (QED) is 0.765. The van der Waals surface area contributed by atoms with Gasteiger partial charge in [0.1, 0.15) is 6.07 Å². The van der Waals surface area contributed by atoms with Gasteiger partial charge < -0.3 is 0 Å². The molecule has 0 heterocycles. The van der Waals surface area contributed by atoms with Crippen molar-refractivity contribution in [3.8, 4) is 6.07 Å². The average Bonchev–Trinajstić information content (AvgIpc) is 2.29. The van der Waals surface area contributed by atoms with E-state index in [4.69, 9.17) is 16.9 Å². The molecule has 0 aliphatic carbocycles. The first-order chi connectivity index (χ1) is 8.19. The molecule has 0 saturated carbocycles. The van der Waals surface area contributed by atoms with E-state index in [0.29, 0.717) is 10.6 Å². The molecule has 0 saturated heterocycles. The van der Waals surface area contributed by atoms with Crippen LogP contribution in [0.4, 0.5) is 0 Å². The van der Waals surface area contributed by atoms with E-state index in [9.17, 15) is 0 Å². The molecule has 0 aromatic heterocycles. The summed E-state index contributed by atoms with van der Waals surface area (Å²) in [6.45, 7) is 0. The third kappa shape index (κ3) is 3.26. The van der Waals surface area contributed by atoms with Crippen molar-refractivity contribution in [1.29, 1.82) is 5.26 Å². The van der Waals surface area contributed by atoms with Crippen LogP contribution < -0.4 is 0 Å². The van der Waals surface area contributed by atoms with Gasteiger partial charge in [-0.3, -0.25) is 0 Å². The number of hydrogen-bond acceptors (Lipinski definition) is 2. The van der Waals surface area contributed by atoms with Gasteiger partial charge in [0, 0.05) is 19.3 Å². The predicted octanol–water partition coefficient (Wildman–Crippen LogP) is 5.13. The Morgan fingerprint density at radius 1 is 1.18 bits per heavy atom. The highest BCUT2D eigenvalue weighted by atomic mass is 79.9. The Labute approximate surface area is 118 Å². The molecular weight excluding hydrogens is 318 g/mol. The summed E-state index contributed by atoms with van der Waals surface area (Å²) < 4.78 is 1.02. The highest BCUT2D eigenvalue weighted by Gasteiger charge is 2.05. The summed E-state index contributed by atoms with van der Waals surface area (Å²) >= 11 is 10.9. The van der Waals surface area contributed by atoms with Gasteiger partial charge in [-0.05, 0) is 36.4 Å². The van der Waals surface area contributed by atoms with Crippen molar-refractivity contribution >= 4 is 39.3 Å². The topological polar surface area (TPSA) is 23.8 Å². The van der Waals surface area contributed by atoms with Crippen LogP contribution in [0.15, 0.2) is 56.7 Å². The van der Waals surface area contributed by atoms with Crippen LogP contribution in [-0.2, 0) is 0 Å². The molecule has 0 aliphatic heterocycles. The average molecular weight is 325 g/mol. The number of benzene rings is 2. The van der Waals surface area contributed by atoms with Crippen LogP contribution in [0.1, 0.15) is 5.56 Å². The van der Waals surface area contributed by atoms with E-state index in [1.54, 1.807) is 12.1 Å². The van der Waals surface area contributed by atoms with Crippen LogP contribution in [0, 0.1) is 11.3 Å². The van der Waals surface area contributed by atoms with E-state index in [1.165, 1.54) is 11.8 Å². The third-order valence-corrected chi connectivity index (χ3v) is 3.86. The summed E-state index contributed by atoms with van der Waals surface area (Å²) in [5.41, 5.74) is 0.638. The number of rotatable bonds is 2. The van der Waals surface area contributed by atoms with Crippen LogP contribution in [0.5, 0.6) is 0 Å². The summed E-state index contributed by atoms with van der Waals surface area (Å²) in [6.07, 6.45) is 0. The van der Waals surface area contributed by atoms with Crippen molar-refractivity contribution < 1.29 is 0 Å². The van der Waals surface area contributed by atoms with Crippen molar-refractivity contribution in [2.45, 2.75) is 9.79 Å². The summed E-state index contributed by atoms with van der Waals surface area (Å²) in [5, 5.41) is 9.67. The molecule has 0 fully saturated rings. The standard InChI is InChI=1S/C13H7BrClNS/c14-10-2-1-3-12(6-10)17-13-7-11(15)5-4-9(13)8-16/h1-7H. The fraction of sp³-hybridized carbons (Fsp3) is 0. The molecule has 0 aliphatic rings. The first kappa shape index (κ1) is 12.5. The molecule has 17 heavy (non-hydrogen) atoms. The van der Waals surface area contributed by atoms with Crippen molar-refractivity contribution in [3.05, 3.63) is 57.5 Å². The van der Waals surface area contributed by atoms with Crippen LogP contribution in [0.2, 0.25) is 5.02 Å². The minimum Gasteiger partial charge on any atom is -0.192 e. The van der Waals surface area contributed by atoms with E-state index >= 15 is 0 Å². The second kappa shape index (κ2) is 5.59. The summed E-state index contributed by atoms with van der Waals surface area (Å²) in [5.74, 6) is 0. The molecule has 2 aromatic rings. The summed E-state index contributed by atoms with van der Waals surface area (Å²) in [6, 6.07) is 15.4. The molecule has 0 radical (unpaired) electrons. The number of hydrogen-bond donors (Lipinski definition) is 0. The molecule has 0 bridgehead atoms. The van der Waals surface area contributed by atoms with Crippen molar-refractivity contribution in [3.63, 3.8) is 0 Å². The van der Waals surface area contributed by atoms with Gasteiger partial charge in [0.2, 0.25) is 0 Å². The maximum absolute atomic E-state index is 9.03. The maximum Gasteiger partial charge on any atom is 0.100 e. The first-order valence-corrected chi connectivity index (χ1v) is 6.81. The minimum absolute atomic E-state index is 0.638. The molecule has 2 rings (SSSR count). The van der Waals surface area contributed by atoms with Gasteiger partial charge in [-0.25, -0.2) is 0 Å². The van der Waals surface area contributed by atoms with E-state index in [-0.39, 0.29) is 0 Å². The molecule has 84 valence electrons. The Morgan fingerprint density at radius 2 is 2.00 bits per heavy atom. The van der Waals surface area contributed by atoms with E-state index in [1.807, 2.05) is 30.3 Å². The van der Waals surface area contributed by atoms with E-state index in [2.05, 4.69) is 22.0 Å². The van der Waals surface area contributed by atoms with Gasteiger partial charge >= 0.3 is 0 Å². The van der Waals surface area contributed by atoms with Gasteiger partial charge in [-0.1, -0.05) is 45.4 Å². The molecule has 2 aromatic carbocycles. The SMILES string of the molecule is N#Cc1ccc(Cl)cc1Sc1cccc(Br)c1. The molecule has 0 N–H and O–H groups in total. The van der Waals surface area contributed by atoms with Gasteiger partial charge in [-0.2, -0.15) is 5.26 Å². The van der Waals surface area contributed by atoms with Crippen LogP contribution in [0.25, 0.3) is 0 Å². The molecule has 1 nitrogen and oxygen atoms in total. The van der Waals surface area contributed by atoms with Crippen LogP contribution in [-0.4, -0.2) is 0 Å². The molecule has 0 unspecified atom stereocenters. The third-order valence-electron chi connectivity index (χ3n) is 2.09. The highest BCUT2D eigenvalue weighted by Crippen LogP contribution is 2.33. The zero-order chi connectivity index (χ0) is 12.3.